The van der Waals surface area contributed by atoms with Crippen molar-refractivity contribution in [3.63, 3.8) is 0 Å². The molecule has 1 N–H and O–H groups in total. The minimum Gasteiger partial charge on any atom is -0.481 e. The Morgan fingerprint density at radius 2 is 2.15 bits per heavy atom. The van der Waals surface area contributed by atoms with E-state index in [0.29, 0.717) is 34.1 Å². The molecule has 0 aliphatic rings. The standard InChI is InChI=1S/C14H15FN2O2S/c1-8(2)6-11-16-10-5-3-4-9(15)13(10)14(17-11)20-7-12(18)19/h3-5,8H,6-7H2,1-2H3,(H,18,19). The van der Waals surface area contributed by atoms with E-state index in [2.05, 4.69) is 9.97 Å². The Kier molecular flexibility index (Phi) is 4.54. The number of carbonyl (C=O) groups is 1. The summed E-state index contributed by atoms with van der Waals surface area (Å²) in [6.45, 7) is 4.09. The van der Waals surface area contributed by atoms with Gasteiger partial charge in [0.2, 0.25) is 0 Å². The van der Waals surface area contributed by atoms with E-state index in [1.165, 1.54) is 6.07 Å². The molecule has 0 aliphatic heterocycles. The van der Waals surface area contributed by atoms with Crippen molar-refractivity contribution in [2.24, 2.45) is 5.92 Å². The van der Waals surface area contributed by atoms with Crippen molar-refractivity contribution in [1.29, 1.82) is 0 Å². The molecule has 1 aromatic heterocycles. The lowest BCUT2D eigenvalue weighted by Crippen LogP contribution is -2.05. The molecule has 106 valence electrons. The van der Waals surface area contributed by atoms with E-state index in [4.69, 9.17) is 5.11 Å². The highest BCUT2D eigenvalue weighted by atomic mass is 32.2. The number of nitrogens with zero attached hydrogens (tertiary/aromatic N) is 2. The maximum atomic E-state index is 13.9. The lowest BCUT2D eigenvalue weighted by Gasteiger charge is -2.09. The molecule has 4 nitrogen and oxygen atoms in total. The van der Waals surface area contributed by atoms with E-state index in [1.54, 1.807) is 12.1 Å². The Morgan fingerprint density at radius 1 is 1.40 bits per heavy atom. The van der Waals surface area contributed by atoms with Crippen molar-refractivity contribution in [2.45, 2.75) is 25.3 Å². The van der Waals surface area contributed by atoms with E-state index in [1.807, 2.05) is 13.8 Å². The SMILES string of the molecule is CC(C)Cc1nc(SCC(=O)O)c2c(F)cccc2n1. The molecule has 0 fully saturated rings. The molecule has 0 spiro atoms. The molecule has 20 heavy (non-hydrogen) atoms. The van der Waals surface area contributed by atoms with Crippen molar-refractivity contribution in [3.8, 4) is 0 Å². The highest BCUT2D eigenvalue weighted by molar-refractivity contribution is 8.00. The lowest BCUT2D eigenvalue weighted by molar-refractivity contribution is -0.133. The van der Waals surface area contributed by atoms with Crippen LogP contribution in [0.3, 0.4) is 0 Å². The van der Waals surface area contributed by atoms with Crippen molar-refractivity contribution in [3.05, 3.63) is 29.8 Å². The molecule has 0 unspecified atom stereocenters. The van der Waals surface area contributed by atoms with Crippen LogP contribution in [-0.4, -0.2) is 26.8 Å². The van der Waals surface area contributed by atoms with Gasteiger partial charge in [-0.1, -0.05) is 31.7 Å². The fourth-order valence-electron chi connectivity index (χ4n) is 1.85. The van der Waals surface area contributed by atoms with Gasteiger partial charge in [-0.25, -0.2) is 14.4 Å². The van der Waals surface area contributed by atoms with Crippen LogP contribution in [0.2, 0.25) is 0 Å². The average Bonchev–Trinajstić information content (AvgIpc) is 2.35. The van der Waals surface area contributed by atoms with Gasteiger partial charge in [0.25, 0.3) is 0 Å². The summed E-state index contributed by atoms with van der Waals surface area (Å²) >= 11 is 1.02. The molecule has 1 heterocycles. The first-order valence-corrected chi connectivity index (χ1v) is 7.25. The highest BCUT2D eigenvalue weighted by Gasteiger charge is 2.14. The molecule has 2 aromatic rings. The normalized spacial score (nSPS) is 11.2. The molecule has 0 saturated heterocycles. The predicted octanol–water partition coefficient (Wildman–Crippen LogP) is 3.14. The van der Waals surface area contributed by atoms with Gasteiger partial charge in [-0.2, -0.15) is 0 Å². The van der Waals surface area contributed by atoms with Crippen LogP contribution in [0.4, 0.5) is 4.39 Å². The number of carboxylic acid groups (broad SMARTS) is 1. The predicted molar refractivity (Wildman–Crippen MR) is 76.4 cm³/mol. The number of fused-ring (bicyclic) bond motifs is 1. The molecule has 6 heteroatoms. The molecular formula is C14H15FN2O2S. The second-order valence-corrected chi connectivity index (χ2v) is 5.82. The van der Waals surface area contributed by atoms with Gasteiger partial charge in [0.05, 0.1) is 16.7 Å². The fraction of sp³-hybridized carbons (Fsp3) is 0.357. The molecule has 0 saturated carbocycles. The Bertz CT molecular complexity index is 646. The number of hydrogen-bond acceptors (Lipinski definition) is 4. The average molecular weight is 294 g/mol. The van der Waals surface area contributed by atoms with Gasteiger partial charge in [0, 0.05) is 6.42 Å². The summed E-state index contributed by atoms with van der Waals surface area (Å²) in [5.74, 6) is -0.541. The number of rotatable bonds is 5. The summed E-state index contributed by atoms with van der Waals surface area (Å²) in [5.41, 5.74) is 0.517. The maximum absolute atomic E-state index is 13.9. The zero-order valence-electron chi connectivity index (χ0n) is 11.3. The number of aromatic nitrogens is 2. The van der Waals surface area contributed by atoms with Gasteiger partial charge < -0.3 is 5.11 Å². The van der Waals surface area contributed by atoms with Crippen molar-refractivity contribution >= 4 is 28.6 Å². The first-order chi connectivity index (χ1) is 9.47. The highest BCUT2D eigenvalue weighted by Crippen LogP contribution is 2.28. The van der Waals surface area contributed by atoms with Crippen molar-refractivity contribution in [1.82, 2.24) is 9.97 Å². The smallest absolute Gasteiger partial charge is 0.313 e. The Balaban J connectivity index is 2.51. The molecule has 0 bridgehead atoms. The summed E-state index contributed by atoms with van der Waals surface area (Å²) < 4.78 is 13.9. The molecule has 0 atom stereocenters. The van der Waals surface area contributed by atoms with E-state index >= 15 is 0 Å². The van der Waals surface area contributed by atoms with Gasteiger partial charge in [-0.05, 0) is 18.1 Å². The second kappa shape index (κ2) is 6.17. The minimum atomic E-state index is -0.955. The van der Waals surface area contributed by atoms with E-state index in [9.17, 15) is 9.18 Å². The lowest BCUT2D eigenvalue weighted by atomic mass is 10.1. The van der Waals surface area contributed by atoms with Gasteiger partial charge in [0.1, 0.15) is 16.7 Å². The van der Waals surface area contributed by atoms with E-state index in [-0.39, 0.29) is 5.75 Å². The first-order valence-electron chi connectivity index (χ1n) is 6.27. The maximum Gasteiger partial charge on any atom is 0.313 e. The van der Waals surface area contributed by atoms with Crippen LogP contribution in [0.25, 0.3) is 10.9 Å². The Hall–Kier alpha value is -1.69. The molecular weight excluding hydrogens is 279 g/mol. The van der Waals surface area contributed by atoms with Gasteiger partial charge in [-0.15, -0.1) is 0 Å². The summed E-state index contributed by atoms with van der Waals surface area (Å²) in [5, 5.41) is 9.46. The summed E-state index contributed by atoms with van der Waals surface area (Å²) in [4.78, 5) is 19.4. The monoisotopic (exact) mass is 294 g/mol. The molecule has 0 aliphatic carbocycles. The van der Waals surface area contributed by atoms with Crippen molar-refractivity contribution < 1.29 is 14.3 Å². The van der Waals surface area contributed by atoms with Crippen LogP contribution >= 0.6 is 11.8 Å². The van der Waals surface area contributed by atoms with E-state index in [0.717, 1.165) is 11.8 Å². The van der Waals surface area contributed by atoms with Crippen molar-refractivity contribution in [2.75, 3.05) is 5.75 Å². The Morgan fingerprint density at radius 3 is 2.80 bits per heavy atom. The summed E-state index contributed by atoms with van der Waals surface area (Å²) in [6.07, 6.45) is 0.674. The zero-order chi connectivity index (χ0) is 14.7. The molecule has 2 rings (SSSR count). The van der Waals surface area contributed by atoms with Gasteiger partial charge >= 0.3 is 5.97 Å². The second-order valence-electron chi connectivity index (χ2n) is 4.86. The third kappa shape index (κ3) is 3.45. The van der Waals surface area contributed by atoms with Crippen LogP contribution in [0.1, 0.15) is 19.7 Å². The van der Waals surface area contributed by atoms with Crippen LogP contribution in [0, 0.1) is 11.7 Å². The first kappa shape index (κ1) is 14.7. The number of thioether (sulfide) groups is 1. The topological polar surface area (TPSA) is 63.1 Å². The van der Waals surface area contributed by atoms with Crippen LogP contribution < -0.4 is 0 Å². The van der Waals surface area contributed by atoms with Crippen LogP contribution in [-0.2, 0) is 11.2 Å². The number of benzene rings is 1. The van der Waals surface area contributed by atoms with Gasteiger partial charge in [0.15, 0.2) is 0 Å². The van der Waals surface area contributed by atoms with Crippen LogP contribution in [0.15, 0.2) is 23.2 Å². The Labute approximate surface area is 120 Å². The number of halogens is 1. The number of carboxylic acids is 1. The summed E-state index contributed by atoms with van der Waals surface area (Å²) in [6, 6.07) is 4.64. The van der Waals surface area contributed by atoms with Gasteiger partial charge in [-0.3, -0.25) is 4.79 Å². The molecule has 0 amide bonds. The number of aliphatic carboxylic acids is 1. The largest absolute Gasteiger partial charge is 0.481 e. The van der Waals surface area contributed by atoms with E-state index < -0.39 is 11.8 Å². The molecule has 0 radical (unpaired) electrons. The number of hydrogen-bond donors (Lipinski definition) is 1. The quantitative estimate of drug-likeness (QED) is 0.678. The third-order valence-electron chi connectivity index (χ3n) is 2.61. The zero-order valence-corrected chi connectivity index (χ0v) is 12.1. The van der Waals surface area contributed by atoms with Crippen LogP contribution in [0.5, 0.6) is 0 Å². The summed E-state index contributed by atoms with van der Waals surface area (Å²) in [7, 11) is 0. The molecule has 1 aromatic carbocycles. The third-order valence-corrected chi connectivity index (χ3v) is 3.57. The minimum absolute atomic E-state index is 0.151. The fourth-order valence-corrected chi connectivity index (χ4v) is 2.62.